The van der Waals surface area contributed by atoms with Gasteiger partial charge < -0.3 is 10.1 Å². The molecule has 1 saturated carbocycles. The number of nitrogens with one attached hydrogen (secondary N) is 1. The van der Waals surface area contributed by atoms with E-state index in [-0.39, 0.29) is 0 Å². The average Bonchev–Trinajstić information content (AvgIpc) is 3.10. The van der Waals surface area contributed by atoms with Crippen LogP contribution in [-0.2, 0) is 0 Å². The van der Waals surface area contributed by atoms with Crippen LogP contribution >= 0.6 is 0 Å². The van der Waals surface area contributed by atoms with Gasteiger partial charge >= 0.3 is 0 Å². The van der Waals surface area contributed by atoms with Crippen LogP contribution in [0.2, 0.25) is 0 Å². The van der Waals surface area contributed by atoms with Gasteiger partial charge in [0.05, 0.1) is 0 Å². The lowest BCUT2D eigenvalue weighted by atomic mass is 10.2. The Kier molecular flexibility index (Phi) is 3.83. The second-order valence-corrected chi connectivity index (χ2v) is 4.69. The van der Waals surface area contributed by atoms with Crippen molar-refractivity contribution >= 4 is 0 Å². The fourth-order valence-electron chi connectivity index (χ4n) is 1.93. The first kappa shape index (κ1) is 11.5. The number of hydrogen-bond acceptors (Lipinski definition) is 2. The molecule has 1 aromatic carbocycles. The molecule has 0 radical (unpaired) electrons. The largest absolute Gasteiger partial charge is 0.492 e. The van der Waals surface area contributed by atoms with E-state index in [0.29, 0.717) is 6.04 Å². The molecule has 2 nitrogen and oxygen atoms in total. The van der Waals surface area contributed by atoms with Crippen LogP contribution in [0.15, 0.2) is 24.3 Å². The minimum absolute atomic E-state index is 0.653. The molecule has 1 aromatic rings. The molecule has 1 aliphatic rings. The zero-order chi connectivity index (χ0) is 11.4. The topological polar surface area (TPSA) is 21.3 Å². The van der Waals surface area contributed by atoms with Gasteiger partial charge in [0.25, 0.3) is 0 Å². The summed E-state index contributed by atoms with van der Waals surface area (Å²) in [5.74, 6) is 1.92. The Hall–Kier alpha value is -1.02. The molecule has 1 N–H and O–H groups in total. The van der Waals surface area contributed by atoms with E-state index in [1.54, 1.807) is 0 Å². The first-order chi connectivity index (χ1) is 7.77. The Morgan fingerprint density at radius 2 is 2.12 bits per heavy atom. The summed E-state index contributed by atoms with van der Waals surface area (Å²) in [6.07, 6.45) is 2.79. The van der Waals surface area contributed by atoms with Gasteiger partial charge in [0.1, 0.15) is 12.4 Å². The molecule has 2 heteroatoms. The van der Waals surface area contributed by atoms with Gasteiger partial charge in [-0.15, -0.1) is 0 Å². The van der Waals surface area contributed by atoms with Crippen molar-refractivity contribution in [2.45, 2.75) is 32.7 Å². The van der Waals surface area contributed by atoms with Crippen LogP contribution in [0.4, 0.5) is 0 Å². The summed E-state index contributed by atoms with van der Waals surface area (Å²) in [6, 6.07) is 8.81. The maximum atomic E-state index is 5.72. The summed E-state index contributed by atoms with van der Waals surface area (Å²) in [5.41, 5.74) is 1.21. The van der Waals surface area contributed by atoms with Gasteiger partial charge in [-0.05, 0) is 44.2 Å². The fourth-order valence-corrected chi connectivity index (χ4v) is 1.93. The van der Waals surface area contributed by atoms with Crippen molar-refractivity contribution in [2.75, 3.05) is 13.2 Å². The summed E-state index contributed by atoms with van der Waals surface area (Å²) in [5, 5.41) is 3.51. The third-order valence-corrected chi connectivity index (χ3v) is 3.25. The molecule has 2 rings (SSSR count). The number of rotatable bonds is 6. The van der Waals surface area contributed by atoms with Crippen molar-refractivity contribution < 1.29 is 4.74 Å². The minimum Gasteiger partial charge on any atom is -0.492 e. The molecule has 0 aromatic heterocycles. The Balaban J connectivity index is 1.66. The van der Waals surface area contributed by atoms with Gasteiger partial charge in [0, 0.05) is 12.6 Å². The van der Waals surface area contributed by atoms with Crippen molar-refractivity contribution in [3.63, 3.8) is 0 Å². The van der Waals surface area contributed by atoms with Crippen LogP contribution in [0.25, 0.3) is 0 Å². The minimum atomic E-state index is 0.653. The van der Waals surface area contributed by atoms with E-state index in [9.17, 15) is 0 Å². The zero-order valence-electron chi connectivity index (χ0n) is 10.2. The highest BCUT2D eigenvalue weighted by Gasteiger charge is 2.27. The summed E-state index contributed by atoms with van der Waals surface area (Å²) in [7, 11) is 0. The summed E-state index contributed by atoms with van der Waals surface area (Å²) in [6.45, 7) is 6.04. The quantitative estimate of drug-likeness (QED) is 0.743. The molecular weight excluding hydrogens is 198 g/mol. The maximum Gasteiger partial charge on any atom is 0.122 e. The number of aryl methyl sites for hydroxylation is 1. The lowest BCUT2D eigenvalue weighted by Gasteiger charge is -2.13. The molecule has 1 aliphatic carbocycles. The number of ether oxygens (including phenoxy) is 1. The van der Waals surface area contributed by atoms with Crippen LogP contribution < -0.4 is 10.1 Å². The van der Waals surface area contributed by atoms with Gasteiger partial charge in [0.15, 0.2) is 0 Å². The van der Waals surface area contributed by atoms with E-state index in [1.807, 2.05) is 18.2 Å². The molecular formula is C14H21NO. The van der Waals surface area contributed by atoms with E-state index < -0.39 is 0 Å². The van der Waals surface area contributed by atoms with Gasteiger partial charge in [-0.2, -0.15) is 0 Å². The van der Waals surface area contributed by atoms with Crippen LogP contribution in [0, 0.1) is 12.8 Å². The van der Waals surface area contributed by atoms with Gasteiger partial charge in [-0.1, -0.05) is 18.2 Å². The van der Waals surface area contributed by atoms with Crippen molar-refractivity contribution in [3.05, 3.63) is 29.8 Å². The van der Waals surface area contributed by atoms with E-state index in [0.717, 1.165) is 24.8 Å². The predicted octanol–water partition coefficient (Wildman–Crippen LogP) is 2.76. The molecule has 0 heterocycles. The van der Waals surface area contributed by atoms with Crippen LogP contribution in [0.5, 0.6) is 5.75 Å². The third kappa shape index (κ3) is 3.24. The molecule has 0 amide bonds. The molecule has 0 spiro atoms. The van der Waals surface area contributed by atoms with Crippen molar-refractivity contribution in [2.24, 2.45) is 5.92 Å². The maximum absolute atomic E-state index is 5.72. The molecule has 0 bridgehead atoms. The van der Waals surface area contributed by atoms with Crippen molar-refractivity contribution in [1.29, 1.82) is 0 Å². The molecule has 1 atom stereocenters. The normalized spacial score (nSPS) is 17.1. The van der Waals surface area contributed by atoms with E-state index in [4.69, 9.17) is 4.74 Å². The molecule has 1 unspecified atom stereocenters. The predicted molar refractivity (Wildman–Crippen MR) is 66.9 cm³/mol. The molecule has 16 heavy (non-hydrogen) atoms. The van der Waals surface area contributed by atoms with Crippen molar-refractivity contribution in [3.8, 4) is 5.75 Å². The Labute approximate surface area is 98.0 Å². The lowest BCUT2D eigenvalue weighted by molar-refractivity contribution is 0.301. The first-order valence-electron chi connectivity index (χ1n) is 6.19. The Bertz CT molecular complexity index is 333. The van der Waals surface area contributed by atoms with Gasteiger partial charge in [-0.3, -0.25) is 0 Å². The SMILES string of the molecule is Cc1ccccc1OCCNC(C)C1CC1. The molecule has 88 valence electrons. The van der Waals surface area contributed by atoms with Gasteiger partial charge in [0.2, 0.25) is 0 Å². The second kappa shape index (κ2) is 5.35. The number of para-hydroxylation sites is 1. The average molecular weight is 219 g/mol. The van der Waals surface area contributed by atoms with Crippen LogP contribution in [0.3, 0.4) is 0 Å². The Morgan fingerprint density at radius 1 is 1.38 bits per heavy atom. The summed E-state index contributed by atoms with van der Waals surface area (Å²) in [4.78, 5) is 0. The number of hydrogen-bond donors (Lipinski definition) is 1. The van der Waals surface area contributed by atoms with E-state index in [2.05, 4.69) is 25.2 Å². The Morgan fingerprint density at radius 3 is 2.81 bits per heavy atom. The smallest absolute Gasteiger partial charge is 0.122 e. The first-order valence-corrected chi connectivity index (χ1v) is 6.19. The lowest BCUT2D eigenvalue weighted by Crippen LogP contribution is -2.31. The third-order valence-electron chi connectivity index (χ3n) is 3.25. The molecule has 0 aliphatic heterocycles. The highest BCUT2D eigenvalue weighted by Crippen LogP contribution is 2.32. The monoisotopic (exact) mass is 219 g/mol. The zero-order valence-corrected chi connectivity index (χ0v) is 10.2. The second-order valence-electron chi connectivity index (χ2n) is 4.69. The van der Waals surface area contributed by atoms with E-state index >= 15 is 0 Å². The summed E-state index contributed by atoms with van der Waals surface area (Å²) >= 11 is 0. The van der Waals surface area contributed by atoms with Gasteiger partial charge in [-0.25, -0.2) is 0 Å². The van der Waals surface area contributed by atoms with E-state index in [1.165, 1.54) is 18.4 Å². The molecule has 1 fully saturated rings. The standard InChI is InChI=1S/C14H21NO/c1-11-5-3-4-6-14(11)16-10-9-15-12(2)13-7-8-13/h3-6,12-13,15H,7-10H2,1-2H3. The van der Waals surface area contributed by atoms with Crippen LogP contribution in [-0.4, -0.2) is 19.2 Å². The fraction of sp³-hybridized carbons (Fsp3) is 0.571. The molecule has 0 saturated heterocycles. The number of benzene rings is 1. The highest BCUT2D eigenvalue weighted by molar-refractivity contribution is 5.31. The van der Waals surface area contributed by atoms with Crippen molar-refractivity contribution in [1.82, 2.24) is 5.32 Å². The highest BCUT2D eigenvalue weighted by atomic mass is 16.5. The van der Waals surface area contributed by atoms with Crippen LogP contribution in [0.1, 0.15) is 25.3 Å². The summed E-state index contributed by atoms with van der Waals surface area (Å²) < 4.78 is 5.72.